The van der Waals surface area contributed by atoms with E-state index in [9.17, 15) is 4.79 Å². The van der Waals surface area contributed by atoms with Crippen LogP contribution >= 0.6 is 11.3 Å². The second-order valence-corrected chi connectivity index (χ2v) is 6.20. The largest absolute Gasteiger partial charge is 0.383 e. The second-order valence-electron chi connectivity index (χ2n) is 5.00. The third-order valence-corrected chi connectivity index (χ3v) is 4.73. The van der Waals surface area contributed by atoms with Crippen LogP contribution in [0.3, 0.4) is 0 Å². The highest BCUT2D eigenvalue weighted by Crippen LogP contribution is 2.25. The van der Waals surface area contributed by atoms with Gasteiger partial charge in [0.1, 0.15) is 4.83 Å². The van der Waals surface area contributed by atoms with Gasteiger partial charge in [-0.15, -0.1) is 11.3 Å². The van der Waals surface area contributed by atoms with Gasteiger partial charge in [-0.25, -0.2) is 4.98 Å². The first-order valence-corrected chi connectivity index (χ1v) is 7.72. The lowest BCUT2D eigenvalue weighted by atomic mass is 10.2. The lowest BCUT2D eigenvalue weighted by molar-refractivity contribution is 0.690. The Labute approximate surface area is 127 Å². The minimum atomic E-state index is 0.0525. The smallest absolute Gasteiger partial charge is 0.262 e. The van der Waals surface area contributed by atoms with Crippen molar-refractivity contribution >= 4 is 27.2 Å². The molecule has 0 amide bonds. The molecule has 0 fully saturated rings. The van der Waals surface area contributed by atoms with Gasteiger partial charge >= 0.3 is 0 Å². The second kappa shape index (κ2) is 5.69. The normalized spacial score (nSPS) is 11.0. The highest BCUT2D eigenvalue weighted by atomic mass is 32.1. The number of para-hydroxylation sites is 1. The Balaban J connectivity index is 1.80. The number of hydrogen-bond donors (Lipinski definition) is 1. The number of thiophene rings is 1. The first kappa shape index (κ1) is 13.8. The van der Waals surface area contributed by atoms with Gasteiger partial charge in [-0.1, -0.05) is 18.2 Å². The van der Waals surface area contributed by atoms with Crippen molar-refractivity contribution in [2.45, 2.75) is 20.4 Å². The Morgan fingerprint density at radius 1 is 1.24 bits per heavy atom. The molecule has 1 N–H and O–H groups in total. The van der Waals surface area contributed by atoms with E-state index in [1.54, 1.807) is 22.2 Å². The number of rotatable bonds is 4. The van der Waals surface area contributed by atoms with Gasteiger partial charge in [-0.2, -0.15) is 0 Å². The molecule has 0 radical (unpaired) electrons. The Kier molecular flexibility index (Phi) is 3.75. The first-order chi connectivity index (χ1) is 10.2. The van der Waals surface area contributed by atoms with Crippen molar-refractivity contribution in [3.63, 3.8) is 0 Å². The Bertz CT molecular complexity index is 821. The van der Waals surface area contributed by atoms with E-state index in [2.05, 4.69) is 10.3 Å². The topological polar surface area (TPSA) is 46.9 Å². The summed E-state index contributed by atoms with van der Waals surface area (Å²) in [7, 11) is 0. The molecule has 0 atom stereocenters. The predicted octanol–water partition coefficient (Wildman–Crippen LogP) is 3.19. The van der Waals surface area contributed by atoms with Crippen molar-refractivity contribution in [3.05, 3.63) is 57.5 Å². The minimum Gasteiger partial charge on any atom is -0.383 e. The zero-order valence-corrected chi connectivity index (χ0v) is 12.9. The molecule has 0 aliphatic rings. The number of aryl methyl sites for hydroxylation is 2. The minimum absolute atomic E-state index is 0.0525. The molecular weight excluding hydrogens is 282 g/mol. The van der Waals surface area contributed by atoms with Crippen LogP contribution in [0.2, 0.25) is 0 Å². The Morgan fingerprint density at radius 2 is 2.00 bits per heavy atom. The molecule has 0 bridgehead atoms. The number of fused-ring (bicyclic) bond motifs is 1. The van der Waals surface area contributed by atoms with Gasteiger partial charge in [0.25, 0.3) is 5.56 Å². The summed E-state index contributed by atoms with van der Waals surface area (Å²) in [5.41, 5.74) is 2.16. The number of benzene rings is 1. The Morgan fingerprint density at radius 3 is 2.76 bits per heavy atom. The summed E-state index contributed by atoms with van der Waals surface area (Å²) >= 11 is 1.58. The van der Waals surface area contributed by atoms with Crippen molar-refractivity contribution in [2.24, 2.45) is 0 Å². The van der Waals surface area contributed by atoms with Crippen LogP contribution in [-0.2, 0) is 6.54 Å². The average Bonchev–Trinajstić information content (AvgIpc) is 2.78. The first-order valence-electron chi connectivity index (χ1n) is 6.91. The van der Waals surface area contributed by atoms with E-state index in [4.69, 9.17) is 0 Å². The lowest BCUT2D eigenvalue weighted by Gasteiger charge is -2.08. The van der Waals surface area contributed by atoms with Crippen LogP contribution in [-0.4, -0.2) is 16.1 Å². The van der Waals surface area contributed by atoms with E-state index < -0.39 is 0 Å². The summed E-state index contributed by atoms with van der Waals surface area (Å²) in [5.74, 6) is 0. The molecule has 21 heavy (non-hydrogen) atoms. The fraction of sp³-hybridized carbons (Fsp3) is 0.250. The number of nitrogens with one attached hydrogen (secondary N) is 1. The van der Waals surface area contributed by atoms with E-state index in [0.717, 1.165) is 26.3 Å². The molecule has 0 saturated heterocycles. The molecule has 3 aromatic rings. The maximum absolute atomic E-state index is 12.5. The summed E-state index contributed by atoms with van der Waals surface area (Å²) in [5, 5.41) is 4.07. The van der Waals surface area contributed by atoms with Gasteiger partial charge in [0.05, 0.1) is 11.7 Å². The molecule has 0 aliphatic carbocycles. The molecule has 3 rings (SSSR count). The molecular formula is C16H17N3OS. The van der Waals surface area contributed by atoms with Gasteiger partial charge in [0.15, 0.2) is 0 Å². The van der Waals surface area contributed by atoms with Crippen LogP contribution in [0, 0.1) is 13.8 Å². The van der Waals surface area contributed by atoms with Crippen LogP contribution in [0.25, 0.3) is 10.2 Å². The lowest BCUT2D eigenvalue weighted by Crippen LogP contribution is -2.24. The molecule has 0 saturated carbocycles. The monoisotopic (exact) mass is 299 g/mol. The maximum atomic E-state index is 12.5. The number of anilines is 1. The highest BCUT2D eigenvalue weighted by molar-refractivity contribution is 7.18. The summed E-state index contributed by atoms with van der Waals surface area (Å²) in [6.07, 6.45) is 1.65. The van der Waals surface area contributed by atoms with Gasteiger partial charge < -0.3 is 5.32 Å². The fourth-order valence-corrected chi connectivity index (χ4v) is 3.29. The molecule has 1 aromatic carbocycles. The van der Waals surface area contributed by atoms with E-state index >= 15 is 0 Å². The fourth-order valence-electron chi connectivity index (χ4n) is 2.31. The van der Waals surface area contributed by atoms with E-state index in [1.165, 1.54) is 0 Å². The van der Waals surface area contributed by atoms with Gasteiger partial charge in [-0.3, -0.25) is 9.36 Å². The van der Waals surface area contributed by atoms with Crippen molar-refractivity contribution in [3.8, 4) is 0 Å². The molecule has 4 nitrogen and oxygen atoms in total. The van der Waals surface area contributed by atoms with Crippen LogP contribution in [0.4, 0.5) is 5.69 Å². The maximum Gasteiger partial charge on any atom is 0.262 e. The molecule has 2 aromatic heterocycles. The van der Waals surface area contributed by atoms with E-state index in [-0.39, 0.29) is 5.56 Å². The van der Waals surface area contributed by atoms with E-state index in [1.807, 2.05) is 44.2 Å². The van der Waals surface area contributed by atoms with Crippen LogP contribution in [0.15, 0.2) is 41.5 Å². The highest BCUT2D eigenvalue weighted by Gasteiger charge is 2.11. The van der Waals surface area contributed by atoms with Crippen molar-refractivity contribution in [2.75, 3.05) is 11.9 Å². The molecule has 0 unspecified atom stereocenters. The molecule has 108 valence electrons. The number of nitrogens with zero attached hydrogens (tertiary/aromatic N) is 2. The summed E-state index contributed by atoms with van der Waals surface area (Å²) in [4.78, 5) is 18.9. The SMILES string of the molecule is Cc1sc2ncn(CCNc3ccccc3)c(=O)c2c1C. The quantitative estimate of drug-likeness (QED) is 0.805. The van der Waals surface area contributed by atoms with Crippen molar-refractivity contribution in [1.29, 1.82) is 0 Å². The van der Waals surface area contributed by atoms with Crippen molar-refractivity contribution in [1.82, 2.24) is 9.55 Å². The number of hydrogen-bond acceptors (Lipinski definition) is 4. The zero-order valence-electron chi connectivity index (χ0n) is 12.1. The summed E-state index contributed by atoms with van der Waals surface area (Å²) in [6.45, 7) is 5.32. The van der Waals surface area contributed by atoms with Gasteiger partial charge in [0.2, 0.25) is 0 Å². The van der Waals surface area contributed by atoms with Crippen LogP contribution in [0.5, 0.6) is 0 Å². The van der Waals surface area contributed by atoms with Gasteiger partial charge in [0, 0.05) is 23.7 Å². The van der Waals surface area contributed by atoms with Crippen LogP contribution < -0.4 is 10.9 Å². The number of aromatic nitrogens is 2. The predicted molar refractivity (Wildman–Crippen MR) is 88.3 cm³/mol. The Hall–Kier alpha value is -2.14. The molecule has 0 spiro atoms. The molecule has 0 aliphatic heterocycles. The van der Waals surface area contributed by atoms with Crippen LogP contribution in [0.1, 0.15) is 10.4 Å². The third kappa shape index (κ3) is 2.69. The van der Waals surface area contributed by atoms with E-state index in [0.29, 0.717) is 13.1 Å². The summed E-state index contributed by atoms with van der Waals surface area (Å²) in [6, 6.07) is 9.97. The third-order valence-electron chi connectivity index (χ3n) is 3.61. The standard InChI is InChI=1S/C16H17N3OS/c1-11-12(2)21-15-14(11)16(20)19(10-18-15)9-8-17-13-6-4-3-5-7-13/h3-7,10,17H,8-9H2,1-2H3. The van der Waals surface area contributed by atoms with Gasteiger partial charge in [-0.05, 0) is 31.5 Å². The zero-order chi connectivity index (χ0) is 14.8. The molecule has 2 heterocycles. The summed E-state index contributed by atoms with van der Waals surface area (Å²) < 4.78 is 1.68. The molecule has 5 heteroatoms. The average molecular weight is 299 g/mol. The van der Waals surface area contributed by atoms with Crippen molar-refractivity contribution < 1.29 is 0 Å².